The van der Waals surface area contributed by atoms with Crippen LogP contribution in [-0.2, 0) is 63.0 Å². The Kier molecular flexibility index (Phi) is 61.4. The quantitative estimate of drug-likeness (QED) is 0.0279. The summed E-state index contributed by atoms with van der Waals surface area (Å²) in [6.07, 6.45) is 54.0. The molecule has 0 aliphatic rings. The van der Waals surface area contributed by atoms with Gasteiger partial charge in [-0.3, -0.25) is 0 Å². The molecule has 77 heavy (non-hydrogen) atoms. The Bertz CT molecular complexity index is 1640. The summed E-state index contributed by atoms with van der Waals surface area (Å²) in [5.41, 5.74) is 23.4. The fraction of sp³-hybridized carbons (Fsp3) is 0.812. The summed E-state index contributed by atoms with van der Waals surface area (Å²) in [4.78, 5) is 0.0426. The molecule has 0 spiro atoms. The Labute approximate surface area is 488 Å². The number of unbranched alkanes of at least 4 members (excludes halogenated alkanes) is 36. The van der Waals surface area contributed by atoms with Crippen molar-refractivity contribution in [3.05, 3.63) is 58.7 Å². The van der Waals surface area contributed by atoms with E-state index in [1.807, 2.05) is 12.1 Å². The van der Waals surface area contributed by atoms with E-state index in [4.69, 9.17) is 22.9 Å². The smallest absolute Gasteiger partial charge is 0.744 e. The molecule has 0 heterocycles. The van der Waals surface area contributed by atoms with E-state index in [1.165, 1.54) is 230 Å². The van der Waals surface area contributed by atoms with Crippen LogP contribution >= 0.6 is 0 Å². The van der Waals surface area contributed by atoms with Crippen molar-refractivity contribution >= 4 is 20.2 Å². The Morgan fingerprint density at radius 2 is 0.481 bits per heavy atom. The molecule has 2 rings (SSSR count). The number of nitrogens with two attached hydrogens (primary N) is 4. The molecule has 457 valence electrons. The van der Waals surface area contributed by atoms with Gasteiger partial charge >= 0.3 is 17.1 Å². The van der Waals surface area contributed by atoms with Gasteiger partial charge in [0.15, 0.2) is 0 Å². The van der Waals surface area contributed by atoms with Crippen LogP contribution in [0.5, 0.6) is 0 Å². The molecule has 13 heteroatoms. The van der Waals surface area contributed by atoms with Crippen molar-refractivity contribution in [3.8, 4) is 0 Å². The molecule has 0 saturated carbocycles. The standard InChI is InChI=1S/2C30H54O3S.2C2H8N2.Cu/c2*1-3-5-7-9-11-13-15-17-19-21-24-28-25-23-27-30(34(31,32)33)29(28)26-22-20-18-16-14-12-10-8-6-4-2;2*3-1-2-4;/h2*23,25,27H,3-22,24,26H2,1-2H3,(H,31,32,33);2*1-4H2;/q;;;;+2/p-2. The van der Waals surface area contributed by atoms with Crippen molar-refractivity contribution < 1.29 is 43.0 Å². The summed E-state index contributed by atoms with van der Waals surface area (Å²) >= 11 is 0. The molecule has 2 aromatic carbocycles. The summed E-state index contributed by atoms with van der Waals surface area (Å²) in [5.74, 6) is 0. The van der Waals surface area contributed by atoms with Crippen molar-refractivity contribution in [2.45, 2.75) is 320 Å². The monoisotopic (exact) mass is 1170 g/mol. The fourth-order valence-electron chi connectivity index (χ4n) is 9.91. The average molecular weight is 1170 g/mol. The van der Waals surface area contributed by atoms with Crippen LogP contribution in [0.2, 0.25) is 0 Å². The van der Waals surface area contributed by atoms with Gasteiger partial charge < -0.3 is 32.0 Å². The number of aryl methyl sites for hydroxylation is 2. The molecule has 2 aromatic rings. The second-order valence-electron chi connectivity index (χ2n) is 21.6. The molecule has 0 aliphatic carbocycles. The first-order chi connectivity index (χ1) is 36.8. The molecular formula is C64H122CuN4O6S2. The topological polar surface area (TPSA) is 218 Å². The molecule has 0 amide bonds. The van der Waals surface area contributed by atoms with E-state index in [1.54, 1.807) is 12.1 Å². The van der Waals surface area contributed by atoms with E-state index < -0.39 is 20.2 Å². The van der Waals surface area contributed by atoms with Crippen LogP contribution in [0.15, 0.2) is 46.2 Å². The first-order valence-corrected chi connectivity index (χ1v) is 34.6. The van der Waals surface area contributed by atoms with E-state index in [0.717, 1.165) is 73.6 Å². The Morgan fingerprint density at radius 3 is 0.662 bits per heavy atom. The first-order valence-electron chi connectivity index (χ1n) is 31.8. The normalized spacial score (nSPS) is 11.2. The number of hydrogen-bond acceptors (Lipinski definition) is 10. The largest absolute Gasteiger partial charge is 2.00 e. The summed E-state index contributed by atoms with van der Waals surface area (Å²) in [5, 5.41) is 0. The van der Waals surface area contributed by atoms with Crippen LogP contribution in [0, 0.1) is 0 Å². The van der Waals surface area contributed by atoms with Gasteiger partial charge in [0.05, 0.1) is 9.79 Å². The van der Waals surface area contributed by atoms with Crippen LogP contribution in [0.4, 0.5) is 0 Å². The van der Waals surface area contributed by atoms with Gasteiger partial charge in [-0.2, -0.15) is 0 Å². The molecule has 1 radical (unpaired) electrons. The second kappa shape index (κ2) is 59.2. The molecule has 0 fully saturated rings. The van der Waals surface area contributed by atoms with Crippen LogP contribution in [0.1, 0.15) is 307 Å². The van der Waals surface area contributed by atoms with Gasteiger partial charge in [-0.1, -0.05) is 283 Å². The van der Waals surface area contributed by atoms with Crippen molar-refractivity contribution in [1.82, 2.24) is 0 Å². The van der Waals surface area contributed by atoms with Gasteiger partial charge in [-0.25, -0.2) is 16.8 Å². The van der Waals surface area contributed by atoms with E-state index in [2.05, 4.69) is 27.7 Å². The second-order valence-corrected chi connectivity index (χ2v) is 24.3. The Hall–Kier alpha value is -1.38. The first kappa shape index (κ1) is 79.8. The van der Waals surface area contributed by atoms with E-state index in [0.29, 0.717) is 39.0 Å². The number of rotatable bonds is 48. The summed E-state index contributed by atoms with van der Waals surface area (Å²) in [6, 6.07) is 10.6. The molecule has 0 unspecified atom stereocenters. The molecule has 0 aliphatic heterocycles. The third-order valence-corrected chi connectivity index (χ3v) is 16.3. The third kappa shape index (κ3) is 50.1. The Morgan fingerprint density at radius 1 is 0.299 bits per heavy atom. The van der Waals surface area contributed by atoms with Crippen molar-refractivity contribution in [2.24, 2.45) is 22.9 Å². The zero-order valence-corrected chi connectivity index (χ0v) is 52.9. The van der Waals surface area contributed by atoms with Crippen LogP contribution in [-0.4, -0.2) is 52.1 Å². The van der Waals surface area contributed by atoms with Crippen LogP contribution in [0.25, 0.3) is 0 Å². The van der Waals surface area contributed by atoms with Gasteiger partial charge in [0, 0.05) is 26.2 Å². The number of hydrogen-bond donors (Lipinski definition) is 4. The SMILES string of the molecule is CCCCCCCCCCCCc1cccc(S(=O)(=O)[O-])c1CCCCCCCCCCCC.CCCCCCCCCCCCc1cccc(S(=O)(=O)[O-])c1CCCCCCCCCCCC.NCCN.NCCN.[Cu+2]. The molecule has 8 N–H and O–H groups in total. The van der Waals surface area contributed by atoms with E-state index >= 15 is 0 Å². The van der Waals surface area contributed by atoms with Gasteiger partial charge in [-0.05, 0) is 85.8 Å². The zero-order chi connectivity index (χ0) is 56.6. The molecule has 0 atom stereocenters. The number of benzene rings is 2. The van der Waals surface area contributed by atoms with Crippen molar-refractivity contribution in [1.29, 1.82) is 0 Å². The zero-order valence-electron chi connectivity index (χ0n) is 50.3. The van der Waals surface area contributed by atoms with Gasteiger partial charge in [0.1, 0.15) is 20.2 Å². The molecular weight excluding hydrogens is 1050 g/mol. The maximum atomic E-state index is 11.9. The maximum Gasteiger partial charge on any atom is 2.00 e. The predicted molar refractivity (Wildman–Crippen MR) is 327 cm³/mol. The van der Waals surface area contributed by atoms with Crippen LogP contribution < -0.4 is 22.9 Å². The van der Waals surface area contributed by atoms with Gasteiger partial charge in [0.25, 0.3) is 0 Å². The van der Waals surface area contributed by atoms with E-state index in [9.17, 15) is 25.9 Å². The minimum atomic E-state index is -4.42. The van der Waals surface area contributed by atoms with E-state index in [-0.39, 0.29) is 26.9 Å². The minimum Gasteiger partial charge on any atom is -0.744 e. The summed E-state index contributed by atoms with van der Waals surface area (Å²) in [7, 11) is -8.84. The van der Waals surface area contributed by atoms with Crippen molar-refractivity contribution in [3.63, 3.8) is 0 Å². The third-order valence-electron chi connectivity index (χ3n) is 14.5. The molecule has 0 bridgehead atoms. The van der Waals surface area contributed by atoms with Gasteiger partial charge in [-0.15, -0.1) is 0 Å². The molecule has 0 aromatic heterocycles. The van der Waals surface area contributed by atoms with Crippen LogP contribution in [0.3, 0.4) is 0 Å². The molecule has 10 nitrogen and oxygen atoms in total. The fourth-order valence-corrected chi connectivity index (χ4v) is 11.5. The summed E-state index contributed by atoms with van der Waals surface area (Å²) in [6.45, 7) is 11.4. The van der Waals surface area contributed by atoms with Gasteiger partial charge in [0.2, 0.25) is 0 Å². The molecule has 0 saturated heterocycles. The maximum absolute atomic E-state index is 11.9. The summed E-state index contributed by atoms with van der Waals surface area (Å²) < 4.78 is 71.2. The minimum absolute atomic E-state index is 0. The predicted octanol–water partition coefficient (Wildman–Crippen LogP) is 16.8. The Balaban J connectivity index is -0.00000123. The van der Waals surface area contributed by atoms with Crippen molar-refractivity contribution in [2.75, 3.05) is 26.2 Å². The average Bonchev–Trinajstić information content (AvgIpc) is 3.40.